The number of hydrogen-bond donors (Lipinski definition) is 1. The zero-order chi connectivity index (χ0) is 14.2. The van der Waals surface area contributed by atoms with E-state index in [1.54, 1.807) is 7.11 Å². The molecule has 0 saturated heterocycles. The molecule has 0 amide bonds. The van der Waals surface area contributed by atoms with Crippen molar-refractivity contribution in [3.63, 3.8) is 0 Å². The molecule has 2 N–H and O–H groups in total. The van der Waals surface area contributed by atoms with Crippen molar-refractivity contribution in [1.82, 2.24) is 0 Å². The van der Waals surface area contributed by atoms with Gasteiger partial charge in [-0.2, -0.15) is 0 Å². The third kappa shape index (κ3) is 3.90. The van der Waals surface area contributed by atoms with Gasteiger partial charge < -0.3 is 19.9 Å². The molecule has 20 heavy (non-hydrogen) atoms. The van der Waals surface area contributed by atoms with Gasteiger partial charge in [0, 0.05) is 6.54 Å². The number of methoxy groups -OCH3 is 1. The summed E-state index contributed by atoms with van der Waals surface area (Å²) in [5, 5.41) is 0. The molecule has 0 atom stereocenters. The molecular formula is C16H19NO3. The molecule has 106 valence electrons. The van der Waals surface area contributed by atoms with Crippen molar-refractivity contribution in [2.75, 3.05) is 20.3 Å². The van der Waals surface area contributed by atoms with E-state index in [0.717, 1.165) is 11.3 Å². The molecule has 0 aliphatic carbocycles. The second-order valence-electron chi connectivity index (χ2n) is 4.20. The van der Waals surface area contributed by atoms with Crippen molar-refractivity contribution in [3.8, 4) is 17.2 Å². The van der Waals surface area contributed by atoms with Crippen LogP contribution in [-0.2, 0) is 6.54 Å². The van der Waals surface area contributed by atoms with Gasteiger partial charge in [-0.25, -0.2) is 0 Å². The summed E-state index contributed by atoms with van der Waals surface area (Å²) in [6.07, 6.45) is 0. The van der Waals surface area contributed by atoms with Crippen LogP contribution in [0, 0.1) is 0 Å². The van der Waals surface area contributed by atoms with Crippen molar-refractivity contribution >= 4 is 0 Å². The van der Waals surface area contributed by atoms with Gasteiger partial charge in [0.05, 0.1) is 7.11 Å². The first-order chi connectivity index (χ1) is 9.83. The van der Waals surface area contributed by atoms with E-state index < -0.39 is 0 Å². The highest BCUT2D eigenvalue weighted by Crippen LogP contribution is 2.27. The highest BCUT2D eigenvalue weighted by atomic mass is 16.5. The fourth-order valence-electron chi connectivity index (χ4n) is 1.79. The maximum Gasteiger partial charge on any atom is 0.161 e. The number of rotatable bonds is 7. The van der Waals surface area contributed by atoms with E-state index in [2.05, 4.69) is 0 Å². The molecule has 0 fully saturated rings. The topological polar surface area (TPSA) is 53.7 Å². The predicted octanol–water partition coefficient (Wildman–Crippen LogP) is 2.61. The van der Waals surface area contributed by atoms with Gasteiger partial charge in [-0.15, -0.1) is 0 Å². The summed E-state index contributed by atoms with van der Waals surface area (Å²) in [6, 6.07) is 15.3. The normalized spacial score (nSPS) is 10.1. The van der Waals surface area contributed by atoms with E-state index in [1.807, 2.05) is 48.5 Å². The van der Waals surface area contributed by atoms with Crippen molar-refractivity contribution in [2.45, 2.75) is 6.54 Å². The van der Waals surface area contributed by atoms with Crippen LogP contribution < -0.4 is 19.9 Å². The Morgan fingerprint density at radius 1 is 0.900 bits per heavy atom. The van der Waals surface area contributed by atoms with Crippen LogP contribution in [0.3, 0.4) is 0 Å². The lowest BCUT2D eigenvalue weighted by Crippen LogP contribution is -2.10. The van der Waals surface area contributed by atoms with Gasteiger partial charge in [0.2, 0.25) is 0 Å². The summed E-state index contributed by atoms with van der Waals surface area (Å²) in [5.74, 6) is 2.22. The summed E-state index contributed by atoms with van der Waals surface area (Å²) in [5.41, 5.74) is 6.62. The second-order valence-corrected chi connectivity index (χ2v) is 4.20. The van der Waals surface area contributed by atoms with Crippen LogP contribution in [0.25, 0.3) is 0 Å². The highest BCUT2D eigenvalue weighted by molar-refractivity contribution is 5.42. The Hall–Kier alpha value is -2.20. The number of nitrogens with two attached hydrogens (primary N) is 1. The molecule has 0 radical (unpaired) electrons. The summed E-state index contributed by atoms with van der Waals surface area (Å²) in [4.78, 5) is 0. The number of benzene rings is 2. The minimum atomic E-state index is 0.444. The van der Waals surface area contributed by atoms with Gasteiger partial charge in [0.15, 0.2) is 11.5 Å². The summed E-state index contributed by atoms with van der Waals surface area (Å²) >= 11 is 0. The second kappa shape index (κ2) is 7.40. The van der Waals surface area contributed by atoms with E-state index in [4.69, 9.17) is 19.9 Å². The lowest BCUT2D eigenvalue weighted by atomic mass is 10.2. The van der Waals surface area contributed by atoms with Crippen molar-refractivity contribution in [2.24, 2.45) is 5.73 Å². The third-order valence-electron chi connectivity index (χ3n) is 2.82. The average Bonchev–Trinajstić information content (AvgIpc) is 2.52. The molecule has 0 unspecified atom stereocenters. The van der Waals surface area contributed by atoms with Crippen molar-refractivity contribution in [3.05, 3.63) is 54.1 Å². The Bertz CT molecular complexity index is 529. The minimum absolute atomic E-state index is 0.444. The molecular weight excluding hydrogens is 254 g/mol. The first-order valence-corrected chi connectivity index (χ1v) is 6.51. The zero-order valence-corrected chi connectivity index (χ0v) is 11.5. The molecule has 4 nitrogen and oxygen atoms in total. The molecule has 0 aromatic heterocycles. The Balaban J connectivity index is 1.87. The van der Waals surface area contributed by atoms with E-state index in [-0.39, 0.29) is 0 Å². The smallest absolute Gasteiger partial charge is 0.161 e. The molecule has 2 aromatic carbocycles. The lowest BCUT2D eigenvalue weighted by Gasteiger charge is -2.12. The Morgan fingerprint density at radius 3 is 2.35 bits per heavy atom. The molecule has 0 saturated carbocycles. The highest BCUT2D eigenvalue weighted by Gasteiger charge is 2.05. The van der Waals surface area contributed by atoms with Gasteiger partial charge in [-0.1, -0.05) is 24.3 Å². The largest absolute Gasteiger partial charge is 0.493 e. The van der Waals surface area contributed by atoms with Crippen LogP contribution >= 0.6 is 0 Å². The summed E-state index contributed by atoms with van der Waals surface area (Å²) in [6.45, 7) is 1.39. The number of para-hydroxylation sites is 1. The van der Waals surface area contributed by atoms with Gasteiger partial charge in [-0.3, -0.25) is 0 Å². The molecule has 4 heteroatoms. The van der Waals surface area contributed by atoms with Crippen LogP contribution in [0.2, 0.25) is 0 Å². The van der Waals surface area contributed by atoms with Crippen LogP contribution in [0.5, 0.6) is 17.2 Å². The summed E-state index contributed by atoms with van der Waals surface area (Å²) in [7, 11) is 1.62. The fourth-order valence-corrected chi connectivity index (χ4v) is 1.79. The van der Waals surface area contributed by atoms with Crippen LogP contribution in [-0.4, -0.2) is 20.3 Å². The van der Waals surface area contributed by atoms with Crippen LogP contribution in [0.1, 0.15) is 5.56 Å². The fraction of sp³-hybridized carbons (Fsp3) is 0.250. The monoisotopic (exact) mass is 273 g/mol. The molecule has 0 aliphatic heterocycles. The first kappa shape index (κ1) is 14.2. The van der Waals surface area contributed by atoms with E-state index in [9.17, 15) is 0 Å². The van der Waals surface area contributed by atoms with E-state index in [0.29, 0.717) is 31.3 Å². The van der Waals surface area contributed by atoms with Gasteiger partial charge in [-0.05, 0) is 29.8 Å². The third-order valence-corrected chi connectivity index (χ3v) is 2.82. The first-order valence-electron chi connectivity index (χ1n) is 6.51. The molecule has 0 bridgehead atoms. The van der Waals surface area contributed by atoms with Gasteiger partial charge in [0.1, 0.15) is 19.0 Å². The van der Waals surface area contributed by atoms with Gasteiger partial charge >= 0.3 is 0 Å². The van der Waals surface area contributed by atoms with E-state index >= 15 is 0 Å². The maximum absolute atomic E-state index is 5.69. The number of ether oxygens (including phenoxy) is 3. The molecule has 0 spiro atoms. The minimum Gasteiger partial charge on any atom is -0.493 e. The van der Waals surface area contributed by atoms with Crippen LogP contribution in [0.15, 0.2) is 48.5 Å². The zero-order valence-electron chi connectivity index (χ0n) is 11.5. The Labute approximate surface area is 119 Å². The molecule has 2 aromatic rings. The van der Waals surface area contributed by atoms with Crippen molar-refractivity contribution < 1.29 is 14.2 Å². The molecule has 0 aliphatic rings. The van der Waals surface area contributed by atoms with Crippen molar-refractivity contribution in [1.29, 1.82) is 0 Å². The quantitative estimate of drug-likeness (QED) is 0.788. The standard InChI is InChI=1S/C16H19NO3/c1-18-15-8-7-13(12-17)11-16(15)20-10-9-19-14-5-3-2-4-6-14/h2-8,11H,9-10,12,17H2,1H3. The lowest BCUT2D eigenvalue weighted by molar-refractivity contribution is 0.211. The predicted molar refractivity (Wildman–Crippen MR) is 78.3 cm³/mol. The SMILES string of the molecule is COc1ccc(CN)cc1OCCOc1ccccc1. The number of hydrogen-bond acceptors (Lipinski definition) is 4. The van der Waals surface area contributed by atoms with Gasteiger partial charge in [0.25, 0.3) is 0 Å². The Morgan fingerprint density at radius 2 is 1.65 bits per heavy atom. The maximum atomic E-state index is 5.69. The van der Waals surface area contributed by atoms with Crippen LogP contribution in [0.4, 0.5) is 0 Å². The molecule has 0 heterocycles. The molecule has 2 rings (SSSR count). The van der Waals surface area contributed by atoms with E-state index in [1.165, 1.54) is 0 Å². The average molecular weight is 273 g/mol. The Kier molecular flexibility index (Phi) is 5.26. The summed E-state index contributed by atoms with van der Waals surface area (Å²) < 4.78 is 16.5.